The maximum atomic E-state index is 13.0. The predicted octanol–water partition coefficient (Wildman–Crippen LogP) is 3.04. The van der Waals surface area contributed by atoms with Gasteiger partial charge in [-0.3, -0.25) is 0 Å². The van der Waals surface area contributed by atoms with Gasteiger partial charge in [0.1, 0.15) is 5.82 Å². The van der Waals surface area contributed by atoms with Crippen LogP contribution in [0.1, 0.15) is 24.8 Å². The van der Waals surface area contributed by atoms with Crippen molar-refractivity contribution in [3.63, 3.8) is 0 Å². The molecule has 0 heterocycles. The third-order valence-corrected chi connectivity index (χ3v) is 3.56. The number of hydrogen-bond donors (Lipinski definition) is 1. The van der Waals surface area contributed by atoms with Gasteiger partial charge in [0.2, 0.25) is 0 Å². The van der Waals surface area contributed by atoms with E-state index >= 15 is 0 Å². The van der Waals surface area contributed by atoms with Gasteiger partial charge in [0.25, 0.3) is 0 Å². The predicted molar refractivity (Wildman–Crippen MR) is 84.1 cm³/mol. The molecule has 0 fully saturated rings. The van der Waals surface area contributed by atoms with Crippen molar-refractivity contribution >= 4 is 0 Å². The molecule has 21 heavy (non-hydrogen) atoms. The van der Waals surface area contributed by atoms with Crippen LogP contribution in [0, 0.1) is 11.7 Å². The lowest BCUT2D eigenvalue weighted by atomic mass is 9.94. The van der Waals surface area contributed by atoms with Gasteiger partial charge in [0.15, 0.2) is 0 Å². The summed E-state index contributed by atoms with van der Waals surface area (Å²) in [6.07, 6.45) is 4.38. The van der Waals surface area contributed by atoms with Crippen LogP contribution in [0.15, 0.2) is 24.3 Å². The molecule has 0 aliphatic heterocycles. The molecule has 1 atom stereocenters. The molecule has 0 radical (unpaired) electrons. The minimum atomic E-state index is -0.173. The Bertz CT molecular complexity index is 344. The van der Waals surface area contributed by atoms with Crippen LogP contribution < -0.4 is 5.32 Å². The number of halogens is 1. The second-order valence-electron chi connectivity index (χ2n) is 5.38. The number of methoxy groups -OCH3 is 2. The van der Waals surface area contributed by atoms with E-state index in [4.69, 9.17) is 9.47 Å². The van der Waals surface area contributed by atoms with E-state index in [2.05, 4.69) is 5.32 Å². The van der Waals surface area contributed by atoms with Gasteiger partial charge in [-0.25, -0.2) is 4.39 Å². The highest BCUT2D eigenvalue weighted by molar-refractivity contribution is 5.16. The average Bonchev–Trinajstić information content (AvgIpc) is 2.50. The Kier molecular flexibility index (Phi) is 10.0. The van der Waals surface area contributed by atoms with Gasteiger partial charge >= 0.3 is 0 Å². The third-order valence-electron chi connectivity index (χ3n) is 3.56. The summed E-state index contributed by atoms with van der Waals surface area (Å²) < 4.78 is 23.1. The van der Waals surface area contributed by atoms with Gasteiger partial charge in [-0.15, -0.1) is 0 Å². The number of ether oxygens (including phenoxy) is 2. The Labute approximate surface area is 127 Å². The van der Waals surface area contributed by atoms with Crippen molar-refractivity contribution in [2.24, 2.45) is 5.92 Å². The van der Waals surface area contributed by atoms with Gasteiger partial charge in [-0.05, 0) is 49.4 Å². The Hall–Kier alpha value is -0.970. The van der Waals surface area contributed by atoms with E-state index in [0.717, 1.165) is 52.0 Å². The maximum absolute atomic E-state index is 13.0. The molecule has 120 valence electrons. The lowest BCUT2D eigenvalue weighted by Crippen LogP contribution is -2.27. The number of nitrogens with one attached hydrogen (secondary N) is 1. The lowest BCUT2D eigenvalue weighted by Gasteiger charge is -2.18. The van der Waals surface area contributed by atoms with Gasteiger partial charge in [0, 0.05) is 27.4 Å². The highest BCUT2D eigenvalue weighted by Gasteiger charge is 2.09. The molecule has 0 bridgehead atoms. The van der Waals surface area contributed by atoms with Crippen molar-refractivity contribution < 1.29 is 13.9 Å². The fourth-order valence-electron chi connectivity index (χ4n) is 2.39. The summed E-state index contributed by atoms with van der Waals surface area (Å²) in [5, 5.41) is 3.43. The molecule has 1 unspecified atom stereocenters. The maximum Gasteiger partial charge on any atom is 0.123 e. The van der Waals surface area contributed by atoms with Gasteiger partial charge in [-0.2, -0.15) is 0 Å². The zero-order valence-electron chi connectivity index (χ0n) is 13.2. The van der Waals surface area contributed by atoms with Crippen molar-refractivity contribution in [2.75, 3.05) is 40.5 Å². The molecule has 0 aliphatic carbocycles. The molecule has 1 rings (SSSR count). The molecule has 0 saturated carbocycles. The fraction of sp³-hybridized carbons (Fsp3) is 0.647. The normalized spacial score (nSPS) is 12.5. The first kappa shape index (κ1) is 18.1. The molecule has 0 spiro atoms. The quantitative estimate of drug-likeness (QED) is 0.602. The van der Waals surface area contributed by atoms with E-state index in [1.165, 1.54) is 17.7 Å². The van der Waals surface area contributed by atoms with Crippen LogP contribution in [0.25, 0.3) is 0 Å². The summed E-state index contributed by atoms with van der Waals surface area (Å²) in [5.41, 5.74) is 1.20. The van der Waals surface area contributed by atoms with E-state index in [0.29, 0.717) is 5.92 Å². The highest BCUT2D eigenvalue weighted by atomic mass is 19.1. The second-order valence-corrected chi connectivity index (χ2v) is 5.38. The summed E-state index contributed by atoms with van der Waals surface area (Å²) in [6, 6.07) is 6.84. The first-order valence-corrected chi connectivity index (χ1v) is 7.69. The van der Waals surface area contributed by atoms with Crippen molar-refractivity contribution in [2.45, 2.75) is 25.7 Å². The van der Waals surface area contributed by atoms with E-state index < -0.39 is 0 Å². The summed E-state index contributed by atoms with van der Waals surface area (Å²) in [4.78, 5) is 0. The smallest absolute Gasteiger partial charge is 0.123 e. The Morgan fingerprint density at radius 1 is 1.05 bits per heavy atom. The lowest BCUT2D eigenvalue weighted by molar-refractivity contribution is 0.188. The monoisotopic (exact) mass is 297 g/mol. The van der Waals surface area contributed by atoms with Crippen LogP contribution in [0.4, 0.5) is 4.39 Å². The highest BCUT2D eigenvalue weighted by Crippen LogP contribution is 2.15. The second kappa shape index (κ2) is 11.7. The molecule has 1 aromatic carbocycles. The van der Waals surface area contributed by atoms with Crippen molar-refractivity contribution in [1.29, 1.82) is 0 Å². The van der Waals surface area contributed by atoms with Gasteiger partial charge < -0.3 is 14.8 Å². The molecular weight excluding hydrogens is 269 g/mol. The van der Waals surface area contributed by atoms with Crippen molar-refractivity contribution in [3.8, 4) is 0 Å². The van der Waals surface area contributed by atoms with E-state index in [9.17, 15) is 4.39 Å². The minimum absolute atomic E-state index is 0.173. The minimum Gasteiger partial charge on any atom is -0.385 e. The van der Waals surface area contributed by atoms with E-state index in [1.807, 2.05) is 12.1 Å². The summed E-state index contributed by atoms with van der Waals surface area (Å²) in [6.45, 7) is 3.38. The topological polar surface area (TPSA) is 30.5 Å². The Morgan fingerprint density at radius 2 is 1.76 bits per heavy atom. The number of hydrogen-bond acceptors (Lipinski definition) is 3. The number of unbranched alkanes of at least 4 members (excludes halogenated alkanes) is 1. The molecule has 0 saturated heterocycles. The fourth-order valence-corrected chi connectivity index (χ4v) is 2.39. The van der Waals surface area contributed by atoms with Gasteiger partial charge in [0.05, 0.1) is 6.61 Å². The summed E-state index contributed by atoms with van der Waals surface area (Å²) >= 11 is 0. The molecule has 0 aliphatic rings. The molecule has 4 heteroatoms. The Morgan fingerprint density at radius 3 is 2.43 bits per heavy atom. The third kappa shape index (κ3) is 8.81. The standard InChI is InChI=1S/C17H28FNO2/c1-20-11-4-3-5-16(14-19-10-12-21-2)13-15-6-8-17(18)9-7-15/h6-9,16,19H,3-5,10-14H2,1-2H3. The molecule has 0 aromatic heterocycles. The van der Waals surface area contributed by atoms with E-state index in [-0.39, 0.29) is 5.82 Å². The molecule has 1 aromatic rings. The van der Waals surface area contributed by atoms with Crippen LogP contribution in [0.2, 0.25) is 0 Å². The summed E-state index contributed by atoms with van der Waals surface area (Å²) in [5.74, 6) is 0.387. The average molecular weight is 297 g/mol. The zero-order chi connectivity index (χ0) is 15.3. The summed E-state index contributed by atoms with van der Waals surface area (Å²) in [7, 11) is 3.45. The van der Waals surface area contributed by atoms with Crippen molar-refractivity contribution in [1.82, 2.24) is 5.32 Å². The largest absolute Gasteiger partial charge is 0.385 e. The molecule has 1 N–H and O–H groups in total. The molecular formula is C17H28FNO2. The first-order valence-electron chi connectivity index (χ1n) is 7.69. The zero-order valence-corrected chi connectivity index (χ0v) is 13.2. The Balaban J connectivity index is 2.39. The van der Waals surface area contributed by atoms with Gasteiger partial charge in [-0.1, -0.05) is 18.6 Å². The van der Waals surface area contributed by atoms with Crippen LogP contribution in [-0.2, 0) is 15.9 Å². The van der Waals surface area contributed by atoms with Crippen LogP contribution in [-0.4, -0.2) is 40.5 Å². The molecule has 3 nitrogen and oxygen atoms in total. The number of benzene rings is 1. The van der Waals surface area contributed by atoms with Crippen LogP contribution in [0.5, 0.6) is 0 Å². The first-order chi connectivity index (χ1) is 10.3. The number of rotatable bonds is 12. The van der Waals surface area contributed by atoms with Crippen molar-refractivity contribution in [3.05, 3.63) is 35.6 Å². The molecule has 0 amide bonds. The van der Waals surface area contributed by atoms with Crippen LogP contribution >= 0.6 is 0 Å². The van der Waals surface area contributed by atoms with E-state index in [1.54, 1.807) is 14.2 Å². The van der Waals surface area contributed by atoms with Crippen LogP contribution in [0.3, 0.4) is 0 Å². The SMILES string of the molecule is COCCCCC(CNCCOC)Cc1ccc(F)cc1.